The fraction of sp³-hybridized carbons (Fsp3) is 0.762. The molecule has 0 aromatic carbocycles. The number of ketones is 1. The molecule has 1 N–H and O–H groups in total. The topological polar surface area (TPSA) is 37.3 Å². The predicted octanol–water partition coefficient (Wildman–Crippen LogP) is 4.44. The molecule has 0 saturated heterocycles. The van der Waals surface area contributed by atoms with Gasteiger partial charge in [-0.1, -0.05) is 26.0 Å². The largest absolute Gasteiger partial charge is 0.390 e. The first-order valence-electron chi connectivity index (χ1n) is 9.35. The molecule has 4 aliphatic carbocycles. The summed E-state index contributed by atoms with van der Waals surface area (Å²) >= 11 is 0. The summed E-state index contributed by atoms with van der Waals surface area (Å²) in [7, 11) is 0. The molecule has 6 atom stereocenters. The second-order valence-corrected chi connectivity index (χ2v) is 9.39. The molecular formula is C21H30O2. The van der Waals surface area contributed by atoms with E-state index in [1.165, 1.54) is 17.6 Å². The van der Waals surface area contributed by atoms with Crippen LogP contribution >= 0.6 is 0 Å². The molecule has 0 aliphatic heterocycles. The smallest absolute Gasteiger partial charge is 0.156 e. The average Bonchev–Trinajstić information content (AvgIpc) is 2.72. The van der Waals surface area contributed by atoms with Gasteiger partial charge in [0.2, 0.25) is 0 Å². The molecule has 0 radical (unpaired) electrons. The van der Waals surface area contributed by atoms with E-state index in [4.69, 9.17) is 0 Å². The third-order valence-electron chi connectivity index (χ3n) is 8.49. The van der Waals surface area contributed by atoms with E-state index in [1.807, 2.05) is 6.08 Å². The molecule has 3 saturated carbocycles. The molecule has 2 nitrogen and oxygen atoms in total. The van der Waals surface area contributed by atoms with Gasteiger partial charge in [0.25, 0.3) is 0 Å². The van der Waals surface area contributed by atoms with Crippen LogP contribution in [0, 0.1) is 28.6 Å². The summed E-state index contributed by atoms with van der Waals surface area (Å²) in [5, 5.41) is 11.0. The van der Waals surface area contributed by atoms with Gasteiger partial charge in [0.1, 0.15) is 0 Å². The Hall–Kier alpha value is -0.890. The van der Waals surface area contributed by atoms with Crippen LogP contribution in [0.15, 0.2) is 23.8 Å². The van der Waals surface area contributed by atoms with Crippen molar-refractivity contribution in [2.45, 2.75) is 71.3 Å². The maximum Gasteiger partial charge on any atom is 0.156 e. The Kier molecular flexibility index (Phi) is 3.12. The minimum absolute atomic E-state index is 0.0521. The number of rotatable bonds is 0. The van der Waals surface area contributed by atoms with Crippen molar-refractivity contribution < 1.29 is 9.90 Å². The van der Waals surface area contributed by atoms with Crippen LogP contribution in [0.1, 0.15) is 65.7 Å². The third kappa shape index (κ3) is 1.88. The van der Waals surface area contributed by atoms with E-state index < -0.39 is 5.60 Å². The number of hydrogen-bond donors (Lipinski definition) is 1. The highest BCUT2D eigenvalue weighted by Crippen LogP contribution is 2.67. The molecule has 2 heteroatoms. The highest BCUT2D eigenvalue weighted by atomic mass is 16.3. The molecule has 0 spiro atoms. The number of allylic oxidation sites excluding steroid dienone is 2. The zero-order valence-corrected chi connectivity index (χ0v) is 14.8. The zero-order chi connectivity index (χ0) is 16.6. The SMILES string of the molecule is C=C1CC2C(CCC3(C)C2CCC3(C)O)C2(C)CCC(=O)C=C12. The monoisotopic (exact) mass is 314 g/mol. The number of hydrogen-bond acceptors (Lipinski definition) is 2. The Bertz CT molecular complexity index is 613. The molecule has 23 heavy (non-hydrogen) atoms. The van der Waals surface area contributed by atoms with Gasteiger partial charge in [-0.25, -0.2) is 0 Å². The van der Waals surface area contributed by atoms with Crippen molar-refractivity contribution in [1.29, 1.82) is 0 Å². The summed E-state index contributed by atoms with van der Waals surface area (Å²) in [6, 6.07) is 0. The maximum absolute atomic E-state index is 11.9. The van der Waals surface area contributed by atoms with Gasteiger partial charge in [0, 0.05) is 6.42 Å². The lowest BCUT2D eigenvalue weighted by Gasteiger charge is -2.59. The van der Waals surface area contributed by atoms with Crippen LogP contribution in [-0.4, -0.2) is 16.5 Å². The van der Waals surface area contributed by atoms with Crippen LogP contribution < -0.4 is 0 Å². The van der Waals surface area contributed by atoms with Gasteiger partial charge in [-0.15, -0.1) is 0 Å². The molecule has 4 aliphatic rings. The van der Waals surface area contributed by atoms with Crippen LogP contribution in [0.3, 0.4) is 0 Å². The summed E-state index contributed by atoms with van der Waals surface area (Å²) in [5.74, 6) is 2.16. The third-order valence-corrected chi connectivity index (χ3v) is 8.49. The molecule has 4 rings (SSSR count). The van der Waals surface area contributed by atoms with E-state index in [-0.39, 0.29) is 16.6 Å². The van der Waals surface area contributed by atoms with E-state index in [0.29, 0.717) is 24.2 Å². The predicted molar refractivity (Wildman–Crippen MR) is 91.9 cm³/mol. The molecule has 0 amide bonds. The first-order chi connectivity index (χ1) is 10.7. The van der Waals surface area contributed by atoms with Gasteiger partial charge in [-0.2, -0.15) is 0 Å². The van der Waals surface area contributed by atoms with E-state index in [2.05, 4.69) is 27.4 Å². The molecule has 3 fully saturated rings. The second kappa shape index (κ2) is 4.59. The van der Waals surface area contributed by atoms with Crippen molar-refractivity contribution in [3.63, 3.8) is 0 Å². The molecule has 126 valence electrons. The summed E-state index contributed by atoms with van der Waals surface area (Å²) in [4.78, 5) is 11.9. The molecule has 0 aromatic rings. The van der Waals surface area contributed by atoms with Crippen molar-refractivity contribution in [2.75, 3.05) is 0 Å². The van der Waals surface area contributed by atoms with Gasteiger partial charge in [-0.05, 0) is 85.7 Å². The van der Waals surface area contributed by atoms with Crippen molar-refractivity contribution in [3.05, 3.63) is 23.8 Å². The zero-order valence-electron chi connectivity index (χ0n) is 14.8. The van der Waals surface area contributed by atoms with Crippen LogP contribution in [0.4, 0.5) is 0 Å². The van der Waals surface area contributed by atoms with Crippen LogP contribution in [-0.2, 0) is 4.79 Å². The van der Waals surface area contributed by atoms with Crippen molar-refractivity contribution in [2.24, 2.45) is 28.6 Å². The summed E-state index contributed by atoms with van der Waals surface area (Å²) in [6.07, 6.45) is 8.98. The lowest BCUT2D eigenvalue weighted by atomic mass is 9.46. The molecule has 0 heterocycles. The molecule has 0 bridgehead atoms. The Morgan fingerprint density at radius 3 is 2.57 bits per heavy atom. The average molecular weight is 314 g/mol. The number of aliphatic hydroxyl groups is 1. The van der Waals surface area contributed by atoms with Crippen LogP contribution in [0.5, 0.6) is 0 Å². The Labute approximate surface area is 140 Å². The van der Waals surface area contributed by atoms with E-state index >= 15 is 0 Å². The number of carbonyl (C=O) groups excluding carboxylic acids is 1. The number of fused-ring (bicyclic) bond motifs is 5. The normalized spacial score (nSPS) is 52.5. The summed E-state index contributed by atoms with van der Waals surface area (Å²) in [5.41, 5.74) is 2.10. The quantitative estimate of drug-likeness (QED) is 0.718. The van der Waals surface area contributed by atoms with Crippen LogP contribution in [0.2, 0.25) is 0 Å². The summed E-state index contributed by atoms with van der Waals surface area (Å²) in [6.45, 7) is 11.1. The first kappa shape index (κ1) is 15.6. The van der Waals surface area contributed by atoms with E-state index in [0.717, 1.165) is 32.1 Å². The van der Waals surface area contributed by atoms with Gasteiger partial charge in [0.15, 0.2) is 5.78 Å². The Balaban J connectivity index is 1.75. The minimum Gasteiger partial charge on any atom is -0.390 e. The molecule has 0 aromatic heterocycles. The van der Waals surface area contributed by atoms with E-state index in [9.17, 15) is 9.90 Å². The highest BCUT2D eigenvalue weighted by molar-refractivity contribution is 5.92. The van der Waals surface area contributed by atoms with Gasteiger partial charge >= 0.3 is 0 Å². The summed E-state index contributed by atoms with van der Waals surface area (Å²) < 4.78 is 0. The molecule has 6 unspecified atom stereocenters. The molecular weight excluding hydrogens is 284 g/mol. The second-order valence-electron chi connectivity index (χ2n) is 9.39. The first-order valence-corrected chi connectivity index (χ1v) is 9.35. The van der Waals surface area contributed by atoms with Gasteiger partial charge < -0.3 is 5.11 Å². The standard InChI is InChI=1S/C21H30O2/c1-13-11-15-16(19(2)8-5-14(22)12-18(13)19)6-9-20(3)17(15)7-10-21(20,4)23/h12,15-17,23H,1,5-11H2,2-4H3. The lowest BCUT2D eigenvalue weighted by molar-refractivity contribution is -0.121. The van der Waals surface area contributed by atoms with Crippen LogP contribution in [0.25, 0.3) is 0 Å². The Morgan fingerprint density at radius 2 is 1.83 bits per heavy atom. The van der Waals surface area contributed by atoms with Gasteiger partial charge in [0.05, 0.1) is 5.60 Å². The van der Waals surface area contributed by atoms with Crippen molar-refractivity contribution in [3.8, 4) is 0 Å². The minimum atomic E-state index is -0.524. The van der Waals surface area contributed by atoms with Crippen molar-refractivity contribution >= 4 is 5.78 Å². The van der Waals surface area contributed by atoms with Gasteiger partial charge in [-0.3, -0.25) is 4.79 Å². The van der Waals surface area contributed by atoms with Crippen molar-refractivity contribution in [1.82, 2.24) is 0 Å². The maximum atomic E-state index is 11.9. The van der Waals surface area contributed by atoms with E-state index in [1.54, 1.807) is 0 Å². The Morgan fingerprint density at radius 1 is 1.13 bits per heavy atom. The highest BCUT2D eigenvalue weighted by Gasteiger charge is 2.62. The lowest BCUT2D eigenvalue weighted by Crippen LogP contribution is -2.54. The fourth-order valence-corrected chi connectivity index (χ4v) is 6.81. The fourth-order valence-electron chi connectivity index (χ4n) is 6.81. The number of carbonyl (C=O) groups is 1.